The monoisotopic (exact) mass is 254 g/mol. The first-order valence-electron chi connectivity index (χ1n) is 5.96. The smallest absolute Gasteiger partial charge is 0.121 e. The molecule has 3 heteroatoms. The predicted octanol–water partition coefficient (Wildman–Crippen LogP) is 3.79. The summed E-state index contributed by atoms with van der Waals surface area (Å²) in [6, 6.07) is 14.5. The summed E-state index contributed by atoms with van der Waals surface area (Å²) in [5.41, 5.74) is 2.98. The summed E-state index contributed by atoms with van der Waals surface area (Å²) in [5, 5.41) is 9.08. The van der Waals surface area contributed by atoms with Gasteiger partial charge in [-0.2, -0.15) is 5.26 Å². The van der Waals surface area contributed by atoms with Gasteiger partial charge in [-0.25, -0.2) is 0 Å². The standard InChI is InChI=1S/C15H14N2S/c16-11-14-13(9-10-17-15(14)18)8-4-7-12-5-2-1-3-6-12/h1-3,5-6,9-10H,4,7-8H2,(H,17,18). The molecule has 18 heavy (non-hydrogen) atoms. The number of pyridine rings is 1. The highest BCUT2D eigenvalue weighted by Gasteiger charge is 2.03. The number of H-pyrrole nitrogens is 1. The van der Waals surface area contributed by atoms with Gasteiger partial charge >= 0.3 is 0 Å². The van der Waals surface area contributed by atoms with Gasteiger partial charge in [0.1, 0.15) is 10.7 Å². The van der Waals surface area contributed by atoms with Crippen molar-refractivity contribution in [3.8, 4) is 6.07 Å². The highest BCUT2D eigenvalue weighted by molar-refractivity contribution is 7.71. The molecule has 1 aromatic carbocycles. The van der Waals surface area contributed by atoms with Crippen LogP contribution >= 0.6 is 12.2 Å². The van der Waals surface area contributed by atoms with Crippen LogP contribution in [0.4, 0.5) is 0 Å². The molecule has 0 saturated carbocycles. The van der Waals surface area contributed by atoms with Crippen LogP contribution in [0.2, 0.25) is 0 Å². The second-order valence-electron chi connectivity index (χ2n) is 4.16. The summed E-state index contributed by atoms with van der Waals surface area (Å²) in [6.07, 6.45) is 4.74. The van der Waals surface area contributed by atoms with Crippen LogP contribution in [0, 0.1) is 16.0 Å². The number of aryl methyl sites for hydroxylation is 2. The van der Waals surface area contributed by atoms with Gasteiger partial charge < -0.3 is 4.98 Å². The number of benzene rings is 1. The lowest BCUT2D eigenvalue weighted by Gasteiger charge is -2.04. The zero-order valence-corrected chi connectivity index (χ0v) is 10.8. The Hall–Kier alpha value is -1.92. The van der Waals surface area contributed by atoms with Gasteiger partial charge in [0.2, 0.25) is 0 Å². The maximum atomic E-state index is 9.08. The minimum atomic E-state index is 0.537. The summed E-state index contributed by atoms with van der Waals surface area (Å²) < 4.78 is 0.537. The number of nitrogens with zero attached hydrogens (tertiary/aromatic N) is 1. The SMILES string of the molecule is N#Cc1c(CCCc2ccccc2)cc[nH]c1=S. The van der Waals surface area contributed by atoms with E-state index >= 15 is 0 Å². The van der Waals surface area contributed by atoms with Crippen LogP contribution in [-0.2, 0) is 12.8 Å². The number of aromatic nitrogens is 1. The average Bonchev–Trinajstić information content (AvgIpc) is 2.40. The fraction of sp³-hybridized carbons (Fsp3) is 0.200. The lowest BCUT2D eigenvalue weighted by atomic mass is 10.0. The minimum absolute atomic E-state index is 0.537. The molecule has 0 amide bonds. The number of hydrogen-bond acceptors (Lipinski definition) is 2. The van der Waals surface area contributed by atoms with Crippen LogP contribution in [-0.4, -0.2) is 4.98 Å². The van der Waals surface area contributed by atoms with Crippen molar-refractivity contribution >= 4 is 12.2 Å². The molecule has 0 aliphatic heterocycles. The maximum absolute atomic E-state index is 9.08. The largest absolute Gasteiger partial charge is 0.352 e. The van der Waals surface area contributed by atoms with E-state index in [-0.39, 0.29) is 0 Å². The molecule has 0 aliphatic carbocycles. The average molecular weight is 254 g/mol. The summed E-state index contributed by atoms with van der Waals surface area (Å²) in [5.74, 6) is 0. The van der Waals surface area contributed by atoms with E-state index in [1.165, 1.54) is 5.56 Å². The molecule has 0 aliphatic rings. The van der Waals surface area contributed by atoms with Crippen molar-refractivity contribution in [2.75, 3.05) is 0 Å². The van der Waals surface area contributed by atoms with Gasteiger partial charge in [-0.05, 0) is 36.5 Å². The summed E-state index contributed by atoms with van der Waals surface area (Å²) in [4.78, 5) is 2.89. The molecule has 0 fully saturated rings. The zero-order valence-electron chi connectivity index (χ0n) is 10.0. The molecule has 1 heterocycles. The molecule has 0 radical (unpaired) electrons. The molecule has 90 valence electrons. The number of aromatic amines is 1. The van der Waals surface area contributed by atoms with E-state index in [1.807, 2.05) is 12.1 Å². The summed E-state index contributed by atoms with van der Waals surface area (Å²) >= 11 is 5.10. The van der Waals surface area contributed by atoms with Gasteiger partial charge in [-0.3, -0.25) is 0 Å². The topological polar surface area (TPSA) is 39.6 Å². The molecule has 0 bridgehead atoms. The van der Waals surface area contributed by atoms with Crippen LogP contribution in [0.5, 0.6) is 0 Å². The van der Waals surface area contributed by atoms with Crippen molar-refractivity contribution in [3.63, 3.8) is 0 Å². The Labute approximate surface area is 112 Å². The Balaban J connectivity index is 2.02. The summed E-state index contributed by atoms with van der Waals surface area (Å²) in [6.45, 7) is 0. The lowest BCUT2D eigenvalue weighted by molar-refractivity contribution is 0.816. The van der Waals surface area contributed by atoms with Gasteiger partial charge in [0, 0.05) is 6.20 Å². The highest BCUT2D eigenvalue weighted by atomic mass is 32.1. The third-order valence-corrected chi connectivity index (χ3v) is 3.24. The van der Waals surface area contributed by atoms with Crippen molar-refractivity contribution in [1.29, 1.82) is 5.26 Å². The number of nitrogens with one attached hydrogen (secondary N) is 1. The summed E-state index contributed by atoms with van der Waals surface area (Å²) in [7, 11) is 0. The van der Waals surface area contributed by atoms with Crippen molar-refractivity contribution in [2.45, 2.75) is 19.3 Å². The fourth-order valence-corrected chi connectivity index (χ4v) is 2.22. The third kappa shape index (κ3) is 3.06. The van der Waals surface area contributed by atoms with Crippen molar-refractivity contribution in [3.05, 3.63) is 63.9 Å². The first-order chi connectivity index (χ1) is 8.81. The van der Waals surface area contributed by atoms with E-state index < -0.39 is 0 Å². The molecule has 2 aromatic rings. The van der Waals surface area contributed by atoms with Gasteiger partial charge in [0.15, 0.2) is 0 Å². The van der Waals surface area contributed by atoms with Crippen LogP contribution in [0.1, 0.15) is 23.1 Å². The molecule has 0 spiro atoms. The second-order valence-corrected chi connectivity index (χ2v) is 4.57. The Morgan fingerprint density at radius 1 is 1.11 bits per heavy atom. The third-order valence-electron chi connectivity index (χ3n) is 2.91. The molecule has 2 rings (SSSR count). The molecule has 1 aromatic heterocycles. The van der Waals surface area contributed by atoms with Crippen LogP contribution in [0.25, 0.3) is 0 Å². The van der Waals surface area contributed by atoms with Crippen LogP contribution in [0.3, 0.4) is 0 Å². The first-order valence-corrected chi connectivity index (χ1v) is 6.36. The molecule has 0 unspecified atom stereocenters. The van der Waals surface area contributed by atoms with Crippen molar-refractivity contribution in [1.82, 2.24) is 4.98 Å². The van der Waals surface area contributed by atoms with E-state index in [1.54, 1.807) is 6.20 Å². The van der Waals surface area contributed by atoms with Gasteiger partial charge in [0.25, 0.3) is 0 Å². The lowest BCUT2D eigenvalue weighted by Crippen LogP contribution is -1.95. The number of rotatable bonds is 4. The van der Waals surface area contributed by atoms with E-state index in [0.29, 0.717) is 10.2 Å². The maximum Gasteiger partial charge on any atom is 0.121 e. The van der Waals surface area contributed by atoms with Crippen LogP contribution in [0.15, 0.2) is 42.6 Å². The molecule has 0 saturated heterocycles. The Morgan fingerprint density at radius 3 is 2.61 bits per heavy atom. The normalized spacial score (nSPS) is 9.94. The molecule has 1 N–H and O–H groups in total. The predicted molar refractivity (Wildman–Crippen MR) is 74.8 cm³/mol. The first kappa shape index (κ1) is 12.5. The Morgan fingerprint density at radius 2 is 1.89 bits per heavy atom. The Bertz CT molecular complexity index is 608. The van der Waals surface area contributed by atoms with Crippen LogP contribution < -0.4 is 0 Å². The van der Waals surface area contributed by atoms with E-state index in [2.05, 4.69) is 35.3 Å². The van der Waals surface area contributed by atoms with Gasteiger partial charge in [-0.1, -0.05) is 42.5 Å². The number of nitriles is 1. The molecular formula is C15H14N2S. The highest BCUT2D eigenvalue weighted by Crippen LogP contribution is 2.12. The fourth-order valence-electron chi connectivity index (χ4n) is 1.98. The van der Waals surface area contributed by atoms with E-state index in [4.69, 9.17) is 17.5 Å². The quantitative estimate of drug-likeness (QED) is 0.843. The Kier molecular flexibility index (Phi) is 4.27. The van der Waals surface area contributed by atoms with E-state index in [9.17, 15) is 0 Å². The zero-order chi connectivity index (χ0) is 12.8. The van der Waals surface area contributed by atoms with Gasteiger partial charge in [0.05, 0.1) is 5.56 Å². The minimum Gasteiger partial charge on any atom is -0.352 e. The molecular weight excluding hydrogens is 240 g/mol. The molecule has 2 nitrogen and oxygen atoms in total. The van der Waals surface area contributed by atoms with Crippen molar-refractivity contribution < 1.29 is 0 Å². The number of hydrogen-bond donors (Lipinski definition) is 1. The van der Waals surface area contributed by atoms with Gasteiger partial charge in [-0.15, -0.1) is 0 Å². The van der Waals surface area contributed by atoms with E-state index in [0.717, 1.165) is 24.8 Å². The van der Waals surface area contributed by atoms with Crippen molar-refractivity contribution in [2.24, 2.45) is 0 Å². The second kappa shape index (κ2) is 6.13. The molecule has 0 atom stereocenters.